The maximum Gasteiger partial charge on any atom is 0.287 e. The molecule has 1 heterocycles. The van der Waals surface area contributed by atoms with Crippen LogP contribution >= 0.6 is 26.6 Å². The average Bonchev–Trinajstić information content (AvgIpc) is 2.73. The number of carbonyl (C=O) groups is 1. The van der Waals surface area contributed by atoms with Gasteiger partial charge in [0.05, 0.1) is 0 Å². The summed E-state index contributed by atoms with van der Waals surface area (Å²) in [5.74, 6) is -0.0598. The summed E-state index contributed by atoms with van der Waals surface area (Å²) in [4.78, 5) is 11.4. The second-order valence-corrected chi connectivity index (χ2v) is 7.23. The molecule has 1 saturated carbocycles. The van der Waals surface area contributed by atoms with E-state index in [1.165, 1.54) is 0 Å². The van der Waals surface area contributed by atoms with Crippen molar-refractivity contribution in [1.29, 1.82) is 0 Å². The van der Waals surface area contributed by atoms with Gasteiger partial charge in [0.2, 0.25) is 0 Å². The molecule has 1 aliphatic carbocycles. The zero-order valence-electron chi connectivity index (χ0n) is 8.74. The highest BCUT2D eigenvalue weighted by Crippen LogP contribution is 2.31. The summed E-state index contributed by atoms with van der Waals surface area (Å²) in [6.45, 7) is 2.01. The van der Waals surface area contributed by atoms with Crippen molar-refractivity contribution in [3.8, 4) is 0 Å². The Morgan fingerprint density at radius 1 is 1.65 bits per heavy atom. The lowest BCUT2D eigenvalue weighted by atomic mass is 10.4. The van der Waals surface area contributed by atoms with Gasteiger partial charge in [-0.2, -0.15) is 0 Å². The Morgan fingerprint density at radius 3 is 2.65 bits per heavy atom. The van der Waals surface area contributed by atoms with E-state index in [0.717, 1.165) is 12.5 Å². The number of rotatable bonds is 3. The van der Waals surface area contributed by atoms with Crippen LogP contribution in [-0.2, 0) is 9.05 Å². The standard InChI is InChI=1S/C9H9BrClNO4S/c1-4-2-5(4)12-9(13)6-3-7(8(10)16-6)17(11,14)15/h3-5H,2H2,1H3,(H,12,13). The maximum absolute atomic E-state index is 11.7. The smallest absolute Gasteiger partial charge is 0.287 e. The number of carbonyl (C=O) groups excluding carboxylic acids is 1. The van der Waals surface area contributed by atoms with Gasteiger partial charge >= 0.3 is 0 Å². The minimum atomic E-state index is -3.92. The summed E-state index contributed by atoms with van der Waals surface area (Å²) in [5.41, 5.74) is 0. The lowest BCUT2D eigenvalue weighted by molar-refractivity contribution is 0.0920. The van der Waals surface area contributed by atoms with E-state index in [-0.39, 0.29) is 21.4 Å². The van der Waals surface area contributed by atoms with Crippen molar-refractivity contribution in [3.63, 3.8) is 0 Å². The van der Waals surface area contributed by atoms with Gasteiger partial charge in [0.15, 0.2) is 10.4 Å². The molecule has 1 aromatic rings. The fourth-order valence-electron chi connectivity index (χ4n) is 1.39. The van der Waals surface area contributed by atoms with Crippen molar-refractivity contribution in [2.45, 2.75) is 24.3 Å². The lowest BCUT2D eigenvalue weighted by Gasteiger charge is -1.99. The maximum atomic E-state index is 11.7. The summed E-state index contributed by atoms with van der Waals surface area (Å²) < 4.78 is 27.2. The van der Waals surface area contributed by atoms with E-state index in [1.54, 1.807) is 0 Å². The van der Waals surface area contributed by atoms with E-state index < -0.39 is 15.0 Å². The summed E-state index contributed by atoms with van der Waals surface area (Å²) in [5, 5.41) is 2.72. The van der Waals surface area contributed by atoms with Crippen LogP contribution in [0.5, 0.6) is 0 Å². The van der Waals surface area contributed by atoms with Gasteiger partial charge in [-0.05, 0) is 28.3 Å². The van der Waals surface area contributed by atoms with Gasteiger partial charge < -0.3 is 9.73 Å². The van der Waals surface area contributed by atoms with Crippen molar-refractivity contribution < 1.29 is 17.6 Å². The molecule has 1 aromatic heterocycles. The summed E-state index contributed by atoms with van der Waals surface area (Å²) in [6.07, 6.45) is 0.925. The van der Waals surface area contributed by atoms with Gasteiger partial charge in [-0.25, -0.2) is 8.42 Å². The van der Waals surface area contributed by atoms with Crippen LogP contribution in [0.2, 0.25) is 0 Å². The Hall–Kier alpha value is -0.530. The number of hydrogen-bond acceptors (Lipinski definition) is 4. The third kappa shape index (κ3) is 2.83. The Balaban J connectivity index is 2.20. The summed E-state index contributed by atoms with van der Waals surface area (Å²) in [7, 11) is 1.26. The third-order valence-electron chi connectivity index (χ3n) is 2.57. The molecule has 8 heteroatoms. The first-order valence-corrected chi connectivity index (χ1v) is 7.94. The number of hydrogen-bond donors (Lipinski definition) is 1. The molecule has 0 aliphatic heterocycles. The number of furan rings is 1. The molecule has 0 spiro atoms. The first kappa shape index (κ1) is 12.9. The molecule has 17 heavy (non-hydrogen) atoms. The van der Waals surface area contributed by atoms with E-state index in [0.29, 0.717) is 5.92 Å². The minimum Gasteiger partial charge on any atom is -0.443 e. The second-order valence-electron chi connectivity index (χ2n) is 3.98. The highest BCUT2D eigenvalue weighted by Gasteiger charge is 2.35. The normalized spacial score (nSPS) is 23.5. The molecule has 1 fully saturated rings. The minimum absolute atomic E-state index is 0.0681. The Labute approximate surface area is 111 Å². The van der Waals surface area contributed by atoms with Gasteiger partial charge in [0.25, 0.3) is 15.0 Å². The Morgan fingerprint density at radius 2 is 2.24 bits per heavy atom. The van der Waals surface area contributed by atoms with Crippen LogP contribution in [-0.4, -0.2) is 20.4 Å². The van der Waals surface area contributed by atoms with Crippen LogP contribution in [0.3, 0.4) is 0 Å². The van der Waals surface area contributed by atoms with Crippen LogP contribution in [0.1, 0.15) is 23.9 Å². The molecule has 0 aromatic carbocycles. The van der Waals surface area contributed by atoms with Gasteiger partial charge in [0, 0.05) is 22.8 Å². The van der Waals surface area contributed by atoms with E-state index in [1.807, 2.05) is 6.92 Å². The molecule has 0 saturated heterocycles. The van der Waals surface area contributed by atoms with Crippen molar-refractivity contribution in [2.24, 2.45) is 5.92 Å². The predicted molar refractivity (Wildman–Crippen MR) is 64.5 cm³/mol. The molecule has 0 bridgehead atoms. The number of amides is 1. The lowest BCUT2D eigenvalue weighted by Crippen LogP contribution is -2.26. The highest BCUT2D eigenvalue weighted by atomic mass is 79.9. The second kappa shape index (κ2) is 4.29. The average molecular weight is 343 g/mol. The topological polar surface area (TPSA) is 76.4 Å². The number of nitrogens with one attached hydrogen (secondary N) is 1. The summed E-state index contributed by atoms with van der Waals surface area (Å²) in [6, 6.07) is 1.25. The van der Waals surface area contributed by atoms with Crippen LogP contribution in [0, 0.1) is 5.92 Å². The number of halogens is 2. The van der Waals surface area contributed by atoms with Gasteiger partial charge in [-0.3, -0.25) is 4.79 Å². The highest BCUT2D eigenvalue weighted by molar-refractivity contribution is 9.10. The molecule has 2 unspecified atom stereocenters. The molecule has 1 aliphatic rings. The Bertz CT molecular complexity index is 568. The monoisotopic (exact) mass is 341 g/mol. The molecule has 1 amide bonds. The molecule has 1 N–H and O–H groups in total. The van der Waals surface area contributed by atoms with Gasteiger partial charge in [-0.1, -0.05) is 6.92 Å². The van der Waals surface area contributed by atoms with Crippen molar-refractivity contribution >= 4 is 41.6 Å². The zero-order valence-corrected chi connectivity index (χ0v) is 11.9. The van der Waals surface area contributed by atoms with Crippen molar-refractivity contribution in [3.05, 3.63) is 16.5 Å². The largest absolute Gasteiger partial charge is 0.443 e. The van der Waals surface area contributed by atoms with E-state index >= 15 is 0 Å². The molecule has 2 atom stereocenters. The fourth-order valence-corrected chi connectivity index (χ4v) is 3.43. The quantitative estimate of drug-likeness (QED) is 0.854. The molecular formula is C9H9BrClNO4S. The first-order chi connectivity index (χ1) is 7.79. The molecular weight excluding hydrogens is 334 g/mol. The SMILES string of the molecule is CC1CC1NC(=O)c1cc(S(=O)(=O)Cl)c(Br)o1. The molecule has 0 radical (unpaired) electrons. The fraction of sp³-hybridized carbons (Fsp3) is 0.444. The molecule has 94 valence electrons. The van der Waals surface area contributed by atoms with Crippen LogP contribution < -0.4 is 5.32 Å². The zero-order chi connectivity index (χ0) is 12.8. The van der Waals surface area contributed by atoms with Crippen LogP contribution in [0.15, 0.2) is 20.0 Å². The summed E-state index contributed by atoms with van der Waals surface area (Å²) >= 11 is 2.90. The molecule has 5 nitrogen and oxygen atoms in total. The van der Waals surface area contributed by atoms with Gasteiger partial charge in [0.1, 0.15) is 4.90 Å². The molecule has 2 rings (SSSR count). The third-order valence-corrected chi connectivity index (χ3v) is 4.75. The van der Waals surface area contributed by atoms with E-state index in [9.17, 15) is 13.2 Å². The predicted octanol–water partition coefficient (Wildman–Crippen LogP) is 2.11. The van der Waals surface area contributed by atoms with Crippen molar-refractivity contribution in [1.82, 2.24) is 5.32 Å². The Kier molecular flexibility index (Phi) is 3.26. The van der Waals surface area contributed by atoms with Crippen LogP contribution in [0.4, 0.5) is 0 Å². The van der Waals surface area contributed by atoms with Crippen molar-refractivity contribution in [2.75, 3.05) is 0 Å². The first-order valence-electron chi connectivity index (χ1n) is 4.84. The van der Waals surface area contributed by atoms with Gasteiger partial charge in [-0.15, -0.1) is 0 Å². The van der Waals surface area contributed by atoms with Crippen LogP contribution in [0.25, 0.3) is 0 Å². The van der Waals surface area contributed by atoms with E-state index in [4.69, 9.17) is 15.1 Å². The van der Waals surface area contributed by atoms with E-state index in [2.05, 4.69) is 21.2 Å².